The lowest BCUT2D eigenvalue weighted by molar-refractivity contribution is 0.121. The molecule has 15 heavy (non-hydrogen) atoms. The first-order valence-electron chi connectivity index (χ1n) is 5.04. The molecule has 82 valence electrons. The number of rotatable bonds is 2. The van der Waals surface area contributed by atoms with Gasteiger partial charge in [-0.05, 0) is 36.2 Å². The molecule has 1 saturated heterocycles. The molecule has 2 heterocycles. The van der Waals surface area contributed by atoms with E-state index in [1.807, 2.05) is 6.92 Å². The van der Waals surface area contributed by atoms with Gasteiger partial charge in [0.1, 0.15) is 0 Å². The average Bonchev–Trinajstić information content (AvgIpc) is 2.59. The van der Waals surface area contributed by atoms with Crippen LogP contribution in [0.5, 0.6) is 0 Å². The molecule has 0 spiro atoms. The Morgan fingerprint density at radius 1 is 1.60 bits per heavy atom. The van der Waals surface area contributed by atoms with Gasteiger partial charge in [-0.3, -0.25) is 0 Å². The van der Waals surface area contributed by atoms with E-state index < -0.39 is 0 Å². The van der Waals surface area contributed by atoms with Gasteiger partial charge in [-0.2, -0.15) is 0 Å². The maximum Gasteiger partial charge on any atom is 0.223 e. The van der Waals surface area contributed by atoms with Gasteiger partial charge in [0.05, 0.1) is 22.3 Å². The fourth-order valence-electron chi connectivity index (χ4n) is 1.61. The predicted octanol–water partition coefficient (Wildman–Crippen LogP) is 2.14. The Labute approximate surface area is 97.6 Å². The summed E-state index contributed by atoms with van der Waals surface area (Å²) in [4.78, 5) is 8.56. The van der Waals surface area contributed by atoms with E-state index in [0.29, 0.717) is 12.0 Å². The number of hydrogen-bond donors (Lipinski definition) is 1. The van der Waals surface area contributed by atoms with Crippen LogP contribution in [0.25, 0.3) is 0 Å². The van der Waals surface area contributed by atoms with Crippen molar-refractivity contribution in [2.24, 2.45) is 0 Å². The number of halogens is 1. The average molecular weight is 272 g/mol. The van der Waals surface area contributed by atoms with Gasteiger partial charge in [-0.1, -0.05) is 0 Å². The van der Waals surface area contributed by atoms with E-state index in [4.69, 9.17) is 4.74 Å². The summed E-state index contributed by atoms with van der Waals surface area (Å²) in [6.07, 6.45) is 3.02. The van der Waals surface area contributed by atoms with Crippen LogP contribution in [-0.2, 0) is 4.74 Å². The van der Waals surface area contributed by atoms with Gasteiger partial charge in [0.25, 0.3) is 0 Å². The molecule has 0 saturated carbocycles. The summed E-state index contributed by atoms with van der Waals surface area (Å²) in [5, 5.41) is 3.29. The van der Waals surface area contributed by atoms with Crippen LogP contribution in [-0.4, -0.2) is 28.7 Å². The summed E-state index contributed by atoms with van der Waals surface area (Å²) in [5.74, 6) is 0.679. The molecule has 0 radical (unpaired) electrons. The van der Waals surface area contributed by atoms with Gasteiger partial charge in [0, 0.05) is 12.8 Å². The third kappa shape index (κ3) is 2.46. The second kappa shape index (κ2) is 4.45. The number of anilines is 1. The van der Waals surface area contributed by atoms with Crippen LogP contribution < -0.4 is 5.32 Å². The molecule has 1 N–H and O–H groups in total. The zero-order valence-corrected chi connectivity index (χ0v) is 10.4. The van der Waals surface area contributed by atoms with Crippen molar-refractivity contribution in [2.45, 2.75) is 32.4 Å². The maximum absolute atomic E-state index is 5.46. The van der Waals surface area contributed by atoms with E-state index in [2.05, 4.69) is 38.1 Å². The van der Waals surface area contributed by atoms with Crippen LogP contribution in [0.2, 0.25) is 0 Å². The molecule has 2 atom stereocenters. The monoisotopic (exact) mass is 271 g/mol. The van der Waals surface area contributed by atoms with Crippen LogP contribution in [0.1, 0.15) is 19.0 Å². The van der Waals surface area contributed by atoms with Crippen LogP contribution in [0.15, 0.2) is 10.7 Å². The number of nitrogens with zero attached hydrogens (tertiary/aromatic N) is 2. The Morgan fingerprint density at radius 3 is 3.00 bits per heavy atom. The zero-order chi connectivity index (χ0) is 10.8. The van der Waals surface area contributed by atoms with E-state index in [-0.39, 0.29) is 6.10 Å². The molecular weight excluding hydrogens is 258 g/mol. The number of aryl methyl sites for hydroxylation is 1. The van der Waals surface area contributed by atoms with E-state index in [1.165, 1.54) is 0 Å². The SMILES string of the molecule is Cc1nc(NC2CCOC2C)ncc1Br. The standard InChI is InChI=1S/C10H14BrN3O/c1-6-8(11)5-12-10(13-6)14-9-3-4-15-7(9)2/h5,7,9H,3-4H2,1-2H3,(H,12,13,14). The first-order chi connectivity index (χ1) is 7.16. The Bertz CT molecular complexity index is 359. The summed E-state index contributed by atoms with van der Waals surface area (Å²) in [6, 6.07) is 0.325. The fraction of sp³-hybridized carbons (Fsp3) is 0.600. The van der Waals surface area contributed by atoms with E-state index in [9.17, 15) is 0 Å². The molecule has 0 aliphatic carbocycles. The van der Waals surface area contributed by atoms with Crippen molar-refractivity contribution in [1.82, 2.24) is 9.97 Å². The second-order valence-corrected chi connectivity index (χ2v) is 4.60. The minimum atomic E-state index is 0.234. The maximum atomic E-state index is 5.46. The lowest BCUT2D eigenvalue weighted by atomic mass is 10.2. The van der Waals surface area contributed by atoms with Gasteiger partial charge in [-0.25, -0.2) is 9.97 Å². The van der Waals surface area contributed by atoms with Crippen molar-refractivity contribution in [3.63, 3.8) is 0 Å². The Kier molecular flexibility index (Phi) is 3.21. The van der Waals surface area contributed by atoms with Gasteiger partial charge in [-0.15, -0.1) is 0 Å². The first kappa shape index (κ1) is 10.8. The number of ether oxygens (including phenoxy) is 1. The topological polar surface area (TPSA) is 47.0 Å². The van der Waals surface area contributed by atoms with Gasteiger partial charge in [0.15, 0.2) is 0 Å². The van der Waals surface area contributed by atoms with Gasteiger partial charge < -0.3 is 10.1 Å². The van der Waals surface area contributed by atoms with Crippen molar-refractivity contribution >= 4 is 21.9 Å². The van der Waals surface area contributed by atoms with Crippen molar-refractivity contribution < 1.29 is 4.74 Å². The van der Waals surface area contributed by atoms with Crippen LogP contribution in [0, 0.1) is 6.92 Å². The second-order valence-electron chi connectivity index (χ2n) is 3.74. The van der Waals surface area contributed by atoms with Crippen LogP contribution in [0.4, 0.5) is 5.95 Å². The summed E-state index contributed by atoms with van der Waals surface area (Å²) >= 11 is 3.38. The minimum absolute atomic E-state index is 0.234. The molecule has 2 unspecified atom stereocenters. The number of aromatic nitrogens is 2. The smallest absolute Gasteiger partial charge is 0.223 e. The lowest BCUT2D eigenvalue weighted by Gasteiger charge is -2.15. The summed E-state index contributed by atoms with van der Waals surface area (Å²) < 4.78 is 6.40. The lowest BCUT2D eigenvalue weighted by Crippen LogP contribution is -2.27. The van der Waals surface area contributed by atoms with Crippen LogP contribution >= 0.6 is 15.9 Å². The molecule has 1 fully saturated rings. The molecule has 4 nitrogen and oxygen atoms in total. The summed E-state index contributed by atoms with van der Waals surface area (Å²) in [6.45, 7) is 4.83. The predicted molar refractivity (Wildman–Crippen MR) is 61.9 cm³/mol. The Balaban J connectivity index is 2.07. The highest BCUT2D eigenvalue weighted by atomic mass is 79.9. The number of hydrogen-bond acceptors (Lipinski definition) is 4. The van der Waals surface area contributed by atoms with Crippen molar-refractivity contribution in [3.05, 3.63) is 16.4 Å². The zero-order valence-electron chi connectivity index (χ0n) is 8.83. The van der Waals surface area contributed by atoms with Crippen LogP contribution in [0.3, 0.4) is 0 Å². The van der Waals surface area contributed by atoms with Crippen molar-refractivity contribution in [2.75, 3.05) is 11.9 Å². The third-order valence-electron chi connectivity index (χ3n) is 2.61. The summed E-state index contributed by atoms with van der Waals surface area (Å²) in [7, 11) is 0. The van der Waals surface area contributed by atoms with Gasteiger partial charge >= 0.3 is 0 Å². The highest BCUT2D eigenvalue weighted by molar-refractivity contribution is 9.10. The fourth-order valence-corrected chi connectivity index (χ4v) is 1.80. The molecule has 0 aromatic carbocycles. The first-order valence-corrected chi connectivity index (χ1v) is 5.83. The van der Waals surface area contributed by atoms with E-state index >= 15 is 0 Å². The highest BCUT2D eigenvalue weighted by Gasteiger charge is 2.24. The third-order valence-corrected chi connectivity index (χ3v) is 3.39. The minimum Gasteiger partial charge on any atom is -0.376 e. The highest BCUT2D eigenvalue weighted by Crippen LogP contribution is 2.18. The molecular formula is C10H14BrN3O. The normalized spacial score (nSPS) is 25.5. The molecule has 1 aliphatic heterocycles. The Morgan fingerprint density at radius 2 is 2.40 bits per heavy atom. The van der Waals surface area contributed by atoms with Gasteiger partial charge in [0.2, 0.25) is 5.95 Å². The molecule has 0 bridgehead atoms. The largest absolute Gasteiger partial charge is 0.376 e. The molecule has 2 rings (SSSR count). The summed E-state index contributed by atoms with van der Waals surface area (Å²) in [5.41, 5.74) is 0.944. The molecule has 1 aromatic heterocycles. The van der Waals surface area contributed by atoms with Crippen molar-refractivity contribution in [3.8, 4) is 0 Å². The molecule has 0 amide bonds. The van der Waals surface area contributed by atoms with E-state index in [1.54, 1.807) is 6.20 Å². The van der Waals surface area contributed by atoms with E-state index in [0.717, 1.165) is 23.2 Å². The van der Waals surface area contributed by atoms with Crippen molar-refractivity contribution in [1.29, 1.82) is 0 Å². The molecule has 5 heteroatoms. The quantitative estimate of drug-likeness (QED) is 0.896. The Hall–Kier alpha value is -0.680. The number of nitrogens with one attached hydrogen (secondary N) is 1. The molecule has 1 aliphatic rings. The molecule has 1 aromatic rings.